The fraction of sp³-hybridized carbons (Fsp3) is 1.00. The van der Waals surface area contributed by atoms with Crippen molar-refractivity contribution in [1.29, 1.82) is 0 Å². The Hall–Kier alpha value is -0.120. The first-order chi connectivity index (χ1) is 8.13. The van der Waals surface area contributed by atoms with E-state index < -0.39 is 0 Å². The molecule has 0 spiro atoms. The van der Waals surface area contributed by atoms with E-state index in [-0.39, 0.29) is 12.1 Å². The van der Waals surface area contributed by atoms with Crippen LogP contribution in [-0.4, -0.2) is 47.8 Å². The van der Waals surface area contributed by atoms with Gasteiger partial charge < -0.3 is 15.3 Å². The normalized spacial score (nSPS) is 19.6. The van der Waals surface area contributed by atoms with Crippen molar-refractivity contribution in [2.45, 2.75) is 64.5 Å². The van der Waals surface area contributed by atoms with Crippen molar-refractivity contribution in [3.63, 3.8) is 0 Å². The second kappa shape index (κ2) is 7.34. The SMILES string of the molecule is CCCN(CCC)CCC(C)(CO)NC1CC1. The summed E-state index contributed by atoms with van der Waals surface area (Å²) in [7, 11) is 0. The van der Waals surface area contributed by atoms with E-state index in [1.165, 1.54) is 38.8 Å². The van der Waals surface area contributed by atoms with Crippen LogP contribution in [0, 0.1) is 0 Å². The number of hydrogen-bond donors (Lipinski definition) is 2. The van der Waals surface area contributed by atoms with Crippen LogP contribution in [0.5, 0.6) is 0 Å². The van der Waals surface area contributed by atoms with Crippen molar-refractivity contribution in [3.8, 4) is 0 Å². The van der Waals surface area contributed by atoms with E-state index in [0.29, 0.717) is 6.04 Å². The Kier molecular flexibility index (Phi) is 6.45. The van der Waals surface area contributed by atoms with Gasteiger partial charge in [0.1, 0.15) is 0 Å². The third-order valence-corrected chi connectivity index (χ3v) is 3.54. The zero-order chi connectivity index (χ0) is 12.7. The largest absolute Gasteiger partial charge is 0.394 e. The fourth-order valence-electron chi connectivity index (χ4n) is 2.29. The van der Waals surface area contributed by atoms with Crippen LogP contribution in [0.2, 0.25) is 0 Å². The number of aliphatic hydroxyl groups is 1. The van der Waals surface area contributed by atoms with Gasteiger partial charge in [-0.05, 0) is 58.7 Å². The summed E-state index contributed by atoms with van der Waals surface area (Å²) in [5.41, 5.74) is -0.0824. The van der Waals surface area contributed by atoms with Crippen molar-refractivity contribution in [1.82, 2.24) is 10.2 Å². The Morgan fingerprint density at radius 3 is 2.18 bits per heavy atom. The summed E-state index contributed by atoms with van der Waals surface area (Å²) in [5.74, 6) is 0. The molecular formula is C14H30N2O. The van der Waals surface area contributed by atoms with Gasteiger partial charge in [0.15, 0.2) is 0 Å². The van der Waals surface area contributed by atoms with Crippen LogP contribution in [0.4, 0.5) is 0 Å². The molecule has 1 atom stereocenters. The van der Waals surface area contributed by atoms with Crippen LogP contribution in [0.25, 0.3) is 0 Å². The zero-order valence-electron chi connectivity index (χ0n) is 11.8. The maximum atomic E-state index is 9.55. The van der Waals surface area contributed by atoms with Crippen molar-refractivity contribution in [2.24, 2.45) is 0 Å². The lowest BCUT2D eigenvalue weighted by molar-refractivity contribution is 0.143. The highest BCUT2D eigenvalue weighted by Crippen LogP contribution is 2.24. The average Bonchev–Trinajstić information content (AvgIpc) is 3.10. The molecule has 0 bridgehead atoms. The van der Waals surface area contributed by atoms with Gasteiger partial charge in [0, 0.05) is 11.6 Å². The lowest BCUT2D eigenvalue weighted by atomic mass is 9.98. The molecule has 2 N–H and O–H groups in total. The molecule has 0 aromatic heterocycles. The van der Waals surface area contributed by atoms with Gasteiger partial charge >= 0.3 is 0 Å². The predicted molar refractivity (Wildman–Crippen MR) is 73.3 cm³/mol. The van der Waals surface area contributed by atoms with Gasteiger partial charge in [-0.15, -0.1) is 0 Å². The van der Waals surface area contributed by atoms with E-state index in [1.807, 2.05) is 0 Å². The summed E-state index contributed by atoms with van der Waals surface area (Å²) in [6.45, 7) is 10.3. The highest BCUT2D eigenvalue weighted by atomic mass is 16.3. The lowest BCUT2D eigenvalue weighted by Gasteiger charge is -2.32. The van der Waals surface area contributed by atoms with E-state index >= 15 is 0 Å². The van der Waals surface area contributed by atoms with E-state index in [2.05, 4.69) is 31.0 Å². The van der Waals surface area contributed by atoms with E-state index in [4.69, 9.17) is 0 Å². The second-order valence-corrected chi connectivity index (χ2v) is 5.73. The molecule has 1 fully saturated rings. The number of hydrogen-bond acceptors (Lipinski definition) is 3. The zero-order valence-corrected chi connectivity index (χ0v) is 11.8. The lowest BCUT2D eigenvalue weighted by Crippen LogP contribution is -2.49. The van der Waals surface area contributed by atoms with E-state index in [1.54, 1.807) is 0 Å². The maximum absolute atomic E-state index is 9.55. The van der Waals surface area contributed by atoms with Crippen molar-refractivity contribution in [2.75, 3.05) is 26.2 Å². The standard InChI is InChI=1S/C14H30N2O/c1-4-9-16(10-5-2)11-8-14(3,12-17)15-13-6-7-13/h13,15,17H,4-12H2,1-3H3. The molecule has 0 aromatic rings. The van der Waals surface area contributed by atoms with Crippen LogP contribution in [0.15, 0.2) is 0 Å². The molecule has 102 valence electrons. The van der Waals surface area contributed by atoms with Gasteiger partial charge in [-0.25, -0.2) is 0 Å². The molecule has 3 heteroatoms. The van der Waals surface area contributed by atoms with Crippen molar-refractivity contribution in [3.05, 3.63) is 0 Å². The highest BCUT2D eigenvalue weighted by molar-refractivity contribution is 4.92. The molecule has 0 saturated heterocycles. The third-order valence-electron chi connectivity index (χ3n) is 3.54. The van der Waals surface area contributed by atoms with Crippen LogP contribution < -0.4 is 5.32 Å². The second-order valence-electron chi connectivity index (χ2n) is 5.73. The molecule has 0 amide bonds. The molecule has 1 aliphatic carbocycles. The fourth-order valence-corrected chi connectivity index (χ4v) is 2.29. The molecule has 0 heterocycles. The van der Waals surface area contributed by atoms with Gasteiger partial charge in [-0.2, -0.15) is 0 Å². The van der Waals surface area contributed by atoms with Crippen LogP contribution in [0.3, 0.4) is 0 Å². The Balaban J connectivity index is 2.32. The first kappa shape index (κ1) is 14.9. The quantitative estimate of drug-likeness (QED) is 0.615. The van der Waals surface area contributed by atoms with Gasteiger partial charge in [0.2, 0.25) is 0 Å². The van der Waals surface area contributed by atoms with E-state index in [0.717, 1.165) is 13.0 Å². The summed E-state index contributed by atoms with van der Waals surface area (Å²) in [6, 6.07) is 0.665. The van der Waals surface area contributed by atoms with Gasteiger partial charge in [0.05, 0.1) is 6.61 Å². The maximum Gasteiger partial charge on any atom is 0.0611 e. The van der Waals surface area contributed by atoms with Crippen molar-refractivity contribution >= 4 is 0 Å². The molecule has 1 unspecified atom stereocenters. The summed E-state index contributed by atoms with van der Waals surface area (Å²) in [5, 5.41) is 13.1. The predicted octanol–water partition coefficient (Wildman–Crippen LogP) is 2.00. The topological polar surface area (TPSA) is 35.5 Å². The molecule has 0 aliphatic heterocycles. The minimum Gasteiger partial charge on any atom is -0.394 e. The Morgan fingerprint density at radius 1 is 1.18 bits per heavy atom. The monoisotopic (exact) mass is 242 g/mol. The summed E-state index contributed by atoms with van der Waals surface area (Å²) in [4.78, 5) is 2.52. The molecule has 1 saturated carbocycles. The number of rotatable bonds is 10. The Morgan fingerprint density at radius 2 is 1.76 bits per heavy atom. The number of aliphatic hydroxyl groups excluding tert-OH is 1. The number of nitrogens with one attached hydrogen (secondary N) is 1. The first-order valence-corrected chi connectivity index (χ1v) is 7.24. The molecule has 0 aromatic carbocycles. The van der Waals surface area contributed by atoms with Crippen molar-refractivity contribution < 1.29 is 5.11 Å². The van der Waals surface area contributed by atoms with Gasteiger partial charge in [-0.1, -0.05) is 13.8 Å². The van der Waals surface area contributed by atoms with Gasteiger partial charge in [-0.3, -0.25) is 0 Å². The minimum atomic E-state index is -0.0824. The smallest absolute Gasteiger partial charge is 0.0611 e. The Bertz CT molecular complexity index is 200. The van der Waals surface area contributed by atoms with E-state index in [9.17, 15) is 5.11 Å². The average molecular weight is 242 g/mol. The Labute approximate surface area is 107 Å². The summed E-state index contributed by atoms with van der Waals surface area (Å²) < 4.78 is 0. The molecule has 17 heavy (non-hydrogen) atoms. The minimum absolute atomic E-state index is 0.0824. The summed E-state index contributed by atoms with van der Waals surface area (Å²) in [6.07, 6.45) is 6.03. The molecule has 1 aliphatic rings. The molecule has 0 radical (unpaired) electrons. The number of nitrogens with zero attached hydrogens (tertiary/aromatic N) is 1. The van der Waals surface area contributed by atoms with Crippen LogP contribution >= 0.6 is 0 Å². The molecular weight excluding hydrogens is 212 g/mol. The third kappa shape index (κ3) is 5.84. The molecule has 3 nitrogen and oxygen atoms in total. The van der Waals surface area contributed by atoms with Gasteiger partial charge in [0.25, 0.3) is 0 Å². The highest BCUT2D eigenvalue weighted by Gasteiger charge is 2.31. The van der Waals surface area contributed by atoms with Crippen LogP contribution in [-0.2, 0) is 0 Å². The van der Waals surface area contributed by atoms with Crippen LogP contribution in [0.1, 0.15) is 52.9 Å². The first-order valence-electron chi connectivity index (χ1n) is 7.24. The summed E-state index contributed by atoms with van der Waals surface area (Å²) >= 11 is 0. The molecule has 1 rings (SSSR count).